The van der Waals surface area contributed by atoms with E-state index in [-0.39, 0.29) is 20.8 Å². The summed E-state index contributed by atoms with van der Waals surface area (Å²) in [6.07, 6.45) is 0. The molecule has 0 aliphatic heterocycles. The van der Waals surface area contributed by atoms with E-state index in [4.69, 9.17) is 20.5 Å². The summed E-state index contributed by atoms with van der Waals surface area (Å²) in [5.41, 5.74) is -1.19. The molecule has 152 valence electrons. The number of thiophene rings is 1. The van der Waals surface area contributed by atoms with Gasteiger partial charge in [-0.25, -0.2) is 9.18 Å². The lowest BCUT2D eigenvalue weighted by Gasteiger charge is -2.12. The monoisotopic (exact) mass is 458 g/mol. The lowest BCUT2D eigenvalue weighted by molar-refractivity contribution is 0.0515. The lowest BCUT2D eigenvalue weighted by atomic mass is 10.3. The summed E-state index contributed by atoms with van der Waals surface area (Å²) in [7, 11) is -4.37. The molecule has 3 rings (SSSR count). The third-order valence-corrected chi connectivity index (χ3v) is 6.35. The molecule has 0 N–H and O–H groups in total. The molecule has 12 heteroatoms. The summed E-state index contributed by atoms with van der Waals surface area (Å²) >= 11 is 6.49. The molecule has 2 heterocycles. The van der Waals surface area contributed by atoms with Crippen molar-refractivity contribution in [3.63, 3.8) is 0 Å². The standard InChI is InChI=1S/C17H12ClFN2O6S2/c1-2-26-17(23)16-12(27-29(24,25)15-8-7-13(18)28-15)9-14(22)21(20-16)11-5-3-10(19)4-6-11/h3-9H,2H2,1H3. The number of benzene rings is 1. The van der Waals surface area contributed by atoms with E-state index in [1.807, 2.05) is 0 Å². The third kappa shape index (κ3) is 4.63. The molecule has 2 aromatic heterocycles. The van der Waals surface area contributed by atoms with E-state index in [0.29, 0.717) is 0 Å². The predicted molar refractivity (Wildman–Crippen MR) is 103 cm³/mol. The minimum Gasteiger partial charge on any atom is -0.461 e. The van der Waals surface area contributed by atoms with Crippen LogP contribution in [0.15, 0.2) is 51.5 Å². The Morgan fingerprint density at radius 1 is 1.24 bits per heavy atom. The summed E-state index contributed by atoms with van der Waals surface area (Å²) in [6, 6.07) is 8.10. The van der Waals surface area contributed by atoms with Crippen LogP contribution in [0.5, 0.6) is 5.75 Å². The van der Waals surface area contributed by atoms with Crippen molar-refractivity contribution in [2.45, 2.75) is 11.1 Å². The first-order valence-electron chi connectivity index (χ1n) is 7.98. The van der Waals surface area contributed by atoms with Gasteiger partial charge in [-0.15, -0.1) is 11.3 Å². The van der Waals surface area contributed by atoms with E-state index in [1.54, 1.807) is 6.92 Å². The smallest absolute Gasteiger partial charge is 0.362 e. The molecular formula is C17H12ClFN2O6S2. The van der Waals surface area contributed by atoms with Crippen LogP contribution in [0.25, 0.3) is 5.69 Å². The molecule has 0 fully saturated rings. The topological polar surface area (TPSA) is 105 Å². The fraction of sp³-hybridized carbons (Fsp3) is 0.118. The Labute approximate surface area is 173 Å². The van der Waals surface area contributed by atoms with Gasteiger partial charge in [0.05, 0.1) is 22.7 Å². The van der Waals surface area contributed by atoms with Crippen molar-refractivity contribution in [2.24, 2.45) is 0 Å². The number of aromatic nitrogens is 2. The minimum atomic E-state index is -4.37. The Hall–Kier alpha value is -2.76. The second kappa shape index (κ2) is 8.31. The summed E-state index contributed by atoms with van der Waals surface area (Å²) in [5.74, 6) is -2.14. The molecule has 0 aliphatic carbocycles. The predicted octanol–water partition coefficient (Wildman–Crippen LogP) is 3.03. The van der Waals surface area contributed by atoms with Crippen LogP contribution in [0.4, 0.5) is 4.39 Å². The first kappa shape index (κ1) is 21.0. The molecule has 0 atom stereocenters. The first-order valence-corrected chi connectivity index (χ1v) is 10.6. The number of nitrogens with zero attached hydrogens (tertiary/aromatic N) is 2. The number of carbonyl (C=O) groups excluding carboxylic acids is 1. The zero-order valence-electron chi connectivity index (χ0n) is 14.7. The fourth-order valence-electron chi connectivity index (χ4n) is 2.20. The second-order valence-corrected chi connectivity index (χ2v) is 8.89. The van der Waals surface area contributed by atoms with Gasteiger partial charge in [0, 0.05) is 0 Å². The zero-order chi connectivity index (χ0) is 21.2. The number of esters is 1. The molecule has 0 saturated heterocycles. The third-order valence-electron chi connectivity index (χ3n) is 3.43. The van der Waals surface area contributed by atoms with Crippen molar-refractivity contribution in [3.05, 3.63) is 68.7 Å². The summed E-state index contributed by atoms with van der Waals surface area (Å²) < 4.78 is 48.7. The zero-order valence-corrected chi connectivity index (χ0v) is 17.1. The van der Waals surface area contributed by atoms with Crippen molar-refractivity contribution in [2.75, 3.05) is 6.61 Å². The molecule has 0 aliphatic rings. The number of ether oxygens (including phenoxy) is 1. The van der Waals surface area contributed by atoms with Crippen molar-refractivity contribution < 1.29 is 26.5 Å². The van der Waals surface area contributed by atoms with Crippen LogP contribution in [0.3, 0.4) is 0 Å². The van der Waals surface area contributed by atoms with Gasteiger partial charge in [-0.05, 0) is 43.3 Å². The van der Waals surface area contributed by atoms with Crippen LogP contribution in [0.2, 0.25) is 4.34 Å². The van der Waals surface area contributed by atoms with E-state index in [2.05, 4.69) is 5.10 Å². The molecule has 0 saturated carbocycles. The normalized spacial score (nSPS) is 11.3. The Kier molecular flexibility index (Phi) is 6.01. The van der Waals surface area contributed by atoms with Gasteiger partial charge in [0.2, 0.25) is 5.69 Å². The van der Waals surface area contributed by atoms with E-state index in [0.717, 1.165) is 34.2 Å². The van der Waals surface area contributed by atoms with Gasteiger partial charge in [-0.2, -0.15) is 18.2 Å². The van der Waals surface area contributed by atoms with Gasteiger partial charge in [0.15, 0.2) is 9.96 Å². The number of rotatable bonds is 6. The maximum atomic E-state index is 13.1. The largest absolute Gasteiger partial charge is 0.461 e. The van der Waals surface area contributed by atoms with E-state index < -0.39 is 38.9 Å². The van der Waals surface area contributed by atoms with Crippen molar-refractivity contribution in [3.8, 4) is 11.4 Å². The van der Waals surface area contributed by atoms with Crippen molar-refractivity contribution in [1.29, 1.82) is 0 Å². The Bertz CT molecular complexity index is 1220. The van der Waals surface area contributed by atoms with Crippen LogP contribution in [-0.4, -0.2) is 30.8 Å². The molecule has 0 unspecified atom stereocenters. The van der Waals surface area contributed by atoms with E-state index in [9.17, 15) is 22.4 Å². The molecular weight excluding hydrogens is 447 g/mol. The summed E-state index contributed by atoms with van der Waals surface area (Å²) in [4.78, 5) is 24.7. The van der Waals surface area contributed by atoms with Gasteiger partial charge >= 0.3 is 16.1 Å². The molecule has 3 aromatic rings. The number of hydrogen-bond donors (Lipinski definition) is 0. The molecule has 8 nitrogen and oxygen atoms in total. The average Bonchev–Trinajstić information content (AvgIpc) is 3.10. The molecule has 1 aromatic carbocycles. The van der Waals surface area contributed by atoms with Crippen LogP contribution in [0.1, 0.15) is 17.4 Å². The number of carbonyl (C=O) groups is 1. The summed E-state index contributed by atoms with van der Waals surface area (Å²) in [6.45, 7) is 1.52. The second-order valence-electron chi connectivity index (χ2n) is 5.40. The van der Waals surface area contributed by atoms with Gasteiger partial charge in [-0.1, -0.05) is 11.6 Å². The van der Waals surface area contributed by atoms with Crippen LogP contribution < -0.4 is 9.74 Å². The van der Waals surface area contributed by atoms with E-state index in [1.165, 1.54) is 24.3 Å². The van der Waals surface area contributed by atoms with E-state index >= 15 is 0 Å². The molecule has 0 amide bonds. The van der Waals surface area contributed by atoms with Crippen molar-refractivity contribution in [1.82, 2.24) is 9.78 Å². The quantitative estimate of drug-likeness (QED) is 0.413. The van der Waals surface area contributed by atoms with Crippen LogP contribution in [0, 0.1) is 5.82 Å². The SMILES string of the molecule is CCOC(=O)c1nn(-c2ccc(F)cc2)c(=O)cc1OS(=O)(=O)c1ccc(Cl)s1. The number of halogens is 2. The lowest BCUT2D eigenvalue weighted by Crippen LogP contribution is -2.26. The maximum absolute atomic E-state index is 13.1. The Balaban J connectivity index is 2.11. The molecule has 0 radical (unpaired) electrons. The highest BCUT2D eigenvalue weighted by Crippen LogP contribution is 2.29. The first-order chi connectivity index (χ1) is 13.7. The van der Waals surface area contributed by atoms with Crippen molar-refractivity contribution >= 4 is 39.0 Å². The van der Waals surface area contributed by atoms with Gasteiger partial charge < -0.3 is 8.92 Å². The molecule has 0 spiro atoms. The fourth-order valence-corrected chi connectivity index (χ4v) is 4.58. The highest BCUT2D eigenvalue weighted by Gasteiger charge is 2.26. The van der Waals surface area contributed by atoms with Gasteiger partial charge in [0.25, 0.3) is 5.56 Å². The highest BCUT2D eigenvalue weighted by atomic mass is 35.5. The minimum absolute atomic E-state index is 0.0249. The maximum Gasteiger partial charge on any atom is 0.362 e. The highest BCUT2D eigenvalue weighted by molar-refractivity contribution is 7.89. The average molecular weight is 459 g/mol. The Morgan fingerprint density at radius 3 is 2.52 bits per heavy atom. The molecule has 29 heavy (non-hydrogen) atoms. The van der Waals surface area contributed by atoms with Crippen LogP contribution in [-0.2, 0) is 14.9 Å². The van der Waals surface area contributed by atoms with Crippen LogP contribution >= 0.6 is 22.9 Å². The summed E-state index contributed by atoms with van der Waals surface area (Å²) in [5, 5.41) is 3.87. The Morgan fingerprint density at radius 2 is 1.93 bits per heavy atom. The van der Waals surface area contributed by atoms with Gasteiger partial charge in [-0.3, -0.25) is 4.79 Å². The number of hydrogen-bond acceptors (Lipinski definition) is 8. The molecule has 0 bridgehead atoms. The van der Waals surface area contributed by atoms with Gasteiger partial charge in [0.1, 0.15) is 5.82 Å².